The van der Waals surface area contributed by atoms with Gasteiger partial charge in [-0.2, -0.15) is 0 Å². The molecule has 2 unspecified atom stereocenters. The fourth-order valence-corrected chi connectivity index (χ4v) is 4.29. The van der Waals surface area contributed by atoms with Gasteiger partial charge in [0, 0.05) is 32.5 Å². The third-order valence-corrected chi connectivity index (χ3v) is 5.90. The molecule has 3 heterocycles. The van der Waals surface area contributed by atoms with E-state index in [0.29, 0.717) is 42.5 Å². The van der Waals surface area contributed by atoms with Crippen molar-refractivity contribution in [3.63, 3.8) is 0 Å². The van der Waals surface area contributed by atoms with Crippen LogP contribution in [0.4, 0.5) is 4.79 Å². The number of amides is 1. The highest BCUT2D eigenvalue weighted by molar-refractivity contribution is 6.36. The molecule has 0 radical (unpaired) electrons. The molecule has 2 aliphatic rings. The first-order chi connectivity index (χ1) is 15.7. The van der Waals surface area contributed by atoms with E-state index in [0.717, 1.165) is 57.3 Å². The minimum Gasteiger partial charge on any atom is -0.410 e. The zero-order chi connectivity index (χ0) is 22.2. The summed E-state index contributed by atoms with van der Waals surface area (Å²) < 4.78 is 30.1. The van der Waals surface area contributed by atoms with Gasteiger partial charge in [0.25, 0.3) is 0 Å². The largest absolute Gasteiger partial charge is 0.412 e. The van der Waals surface area contributed by atoms with Crippen LogP contribution in [0.25, 0.3) is 10.9 Å². The molecule has 2 aliphatic heterocycles. The molecule has 2 saturated heterocycles. The van der Waals surface area contributed by atoms with Crippen molar-refractivity contribution in [1.82, 2.24) is 9.88 Å². The topological polar surface area (TPSA) is 80.2 Å². The van der Waals surface area contributed by atoms with Crippen LogP contribution in [0.5, 0.6) is 5.75 Å². The number of hydrogen-bond acceptors (Lipinski definition) is 6. The van der Waals surface area contributed by atoms with Gasteiger partial charge in [-0.05, 0) is 50.7 Å². The number of carbonyl (C=O) groups excluding carboxylic acids is 1. The van der Waals surface area contributed by atoms with Gasteiger partial charge in [0.2, 0.25) is 0 Å². The fourth-order valence-electron chi connectivity index (χ4n) is 3.99. The summed E-state index contributed by atoms with van der Waals surface area (Å²) in [5.74, 6) is 0.414. The van der Waals surface area contributed by atoms with Crippen LogP contribution >= 0.6 is 11.6 Å². The highest BCUT2D eigenvalue weighted by Gasteiger charge is 2.17. The lowest BCUT2D eigenvalue weighted by atomic mass is 10.2. The van der Waals surface area contributed by atoms with Crippen LogP contribution in [0, 0.1) is 0 Å². The lowest BCUT2D eigenvalue weighted by Gasteiger charge is -2.22. The maximum absolute atomic E-state index is 12.3. The average molecular weight is 467 g/mol. The monoisotopic (exact) mass is 466 g/mol. The molecule has 2 atom stereocenters. The van der Waals surface area contributed by atoms with Gasteiger partial charge >= 0.3 is 6.09 Å². The molecular weight excluding hydrogens is 436 g/mol. The van der Waals surface area contributed by atoms with Crippen molar-refractivity contribution in [1.29, 1.82) is 0 Å². The molecule has 1 aromatic heterocycles. The van der Waals surface area contributed by atoms with E-state index in [1.165, 1.54) is 0 Å². The van der Waals surface area contributed by atoms with Gasteiger partial charge in [0.1, 0.15) is 5.75 Å². The number of nitrogens with zero attached hydrogens (tertiary/aromatic N) is 1. The predicted octanol–water partition coefficient (Wildman–Crippen LogP) is 4.47. The minimum atomic E-state index is -0.549. The fraction of sp³-hybridized carbons (Fsp3) is 0.609. The number of aromatic nitrogens is 1. The predicted molar refractivity (Wildman–Crippen MR) is 120 cm³/mol. The van der Waals surface area contributed by atoms with Crippen LogP contribution in [0.15, 0.2) is 24.4 Å². The van der Waals surface area contributed by atoms with Crippen molar-refractivity contribution in [2.75, 3.05) is 33.0 Å². The summed E-state index contributed by atoms with van der Waals surface area (Å²) >= 11 is 6.47. The van der Waals surface area contributed by atoms with E-state index in [9.17, 15) is 4.79 Å². The normalized spacial score (nSPS) is 21.5. The van der Waals surface area contributed by atoms with Crippen molar-refractivity contribution in [3.8, 4) is 5.75 Å². The second kappa shape index (κ2) is 11.9. The van der Waals surface area contributed by atoms with E-state index in [-0.39, 0.29) is 12.6 Å². The van der Waals surface area contributed by atoms with E-state index in [4.69, 9.17) is 35.3 Å². The lowest BCUT2D eigenvalue weighted by Crippen LogP contribution is -2.32. The SMILES string of the molecule is O=C(NCCOC1CCCCO1)Oc1cccc2c1c(Cl)cn2CCOC1CCCCO1. The number of nitrogens with one attached hydrogen (secondary N) is 1. The zero-order valence-corrected chi connectivity index (χ0v) is 19.0. The van der Waals surface area contributed by atoms with Gasteiger partial charge in [-0.1, -0.05) is 17.7 Å². The Labute approximate surface area is 193 Å². The first-order valence-corrected chi connectivity index (χ1v) is 11.8. The Morgan fingerprint density at radius 1 is 1.06 bits per heavy atom. The summed E-state index contributed by atoms with van der Waals surface area (Å²) in [5.41, 5.74) is 0.881. The van der Waals surface area contributed by atoms with Gasteiger partial charge in [0.15, 0.2) is 12.6 Å². The summed E-state index contributed by atoms with van der Waals surface area (Å²) in [6.45, 7) is 3.33. The van der Waals surface area contributed by atoms with Crippen molar-refractivity contribution >= 4 is 28.6 Å². The van der Waals surface area contributed by atoms with Crippen LogP contribution in [-0.4, -0.2) is 56.2 Å². The molecule has 1 amide bonds. The van der Waals surface area contributed by atoms with Crippen molar-refractivity contribution in [2.24, 2.45) is 0 Å². The summed E-state index contributed by atoms with van der Waals surface area (Å²) in [6, 6.07) is 5.52. The van der Waals surface area contributed by atoms with Crippen LogP contribution in [-0.2, 0) is 25.5 Å². The number of fused-ring (bicyclic) bond motifs is 1. The molecule has 2 fully saturated rings. The van der Waals surface area contributed by atoms with E-state index in [1.807, 2.05) is 22.9 Å². The molecule has 2 aromatic rings. The summed E-state index contributed by atoms with van der Waals surface area (Å²) in [5, 5.41) is 3.93. The van der Waals surface area contributed by atoms with Crippen molar-refractivity contribution in [3.05, 3.63) is 29.4 Å². The van der Waals surface area contributed by atoms with Crippen LogP contribution in [0.3, 0.4) is 0 Å². The molecule has 0 aliphatic carbocycles. The summed E-state index contributed by atoms with van der Waals surface area (Å²) in [6.07, 6.45) is 7.20. The highest BCUT2D eigenvalue weighted by atomic mass is 35.5. The molecular formula is C23H31ClN2O6. The van der Waals surface area contributed by atoms with Crippen LogP contribution in [0.1, 0.15) is 38.5 Å². The number of carbonyl (C=O) groups is 1. The van der Waals surface area contributed by atoms with Gasteiger partial charge in [-0.15, -0.1) is 0 Å². The number of hydrogen-bond donors (Lipinski definition) is 1. The van der Waals surface area contributed by atoms with Crippen molar-refractivity contribution in [2.45, 2.75) is 57.6 Å². The van der Waals surface area contributed by atoms with Crippen molar-refractivity contribution < 1.29 is 28.5 Å². The first kappa shape index (κ1) is 23.3. The highest BCUT2D eigenvalue weighted by Crippen LogP contribution is 2.34. The maximum Gasteiger partial charge on any atom is 0.412 e. The molecule has 176 valence electrons. The van der Waals surface area contributed by atoms with E-state index in [2.05, 4.69) is 5.32 Å². The number of benzene rings is 1. The lowest BCUT2D eigenvalue weighted by molar-refractivity contribution is -0.163. The van der Waals surface area contributed by atoms with E-state index >= 15 is 0 Å². The number of ether oxygens (including phenoxy) is 5. The van der Waals surface area contributed by atoms with Gasteiger partial charge in [0.05, 0.1) is 29.1 Å². The molecule has 1 aromatic carbocycles. The zero-order valence-electron chi connectivity index (χ0n) is 18.2. The van der Waals surface area contributed by atoms with E-state index < -0.39 is 6.09 Å². The first-order valence-electron chi connectivity index (χ1n) is 11.4. The average Bonchev–Trinajstić information content (AvgIpc) is 3.14. The molecule has 8 nitrogen and oxygen atoms in total. The van der Waals surface area contributed by atoms with Crippen LogP contribution in [0.2, 0.25) is 5.02 Å². The third-order valence-electron chi connectivity index (χ3n) is 5.61. The quantitative estimate of drug-likeness (QED) is 0.549. The third kappa shape index (κ3) is 6.36. The molecule has 9 heteroatoms. The Morgan fingerprint density at radius 3 is 2.47 bits per heavy atom. The smallest absolute Gasteiger partial charge is 0.410 e. The summed E-state index contributed by atoms with van der Waals surface area (Å²) in [4.78, 5) is 12.3. The standard InChI is InChI=1S/C23H31ClN2O6/c24-17-16-26(11-15-31-21-9-2-4-13-29-21)18-6-5-7-19(22(17)18)32-23(27)25-10-14-30-20-8-1-3-12-28-20/h5-7,16,20-21H,1-4,8-15H2,(H,25,27). The number of rotatable bonds is 9. The molecule has 0 bridgehead atoms. The van der Waals surface area contributed by atoms with Crippen LogP contribution < -0.4 is 10.1 Å². The molecule has 4 rings (SSSR count). The molecule has 0 spiro atoms. The Morgan fingerprint density at radius 2 is 1.78 bits per heavy atom. The maximum atomic E-state index is 12.3. The number of halogens is 1. The molecule has 1 N–H and O–H groups in total. The Balaban J connectivity index is 1.28. The molecule has 0 saturated carbocycles. The van der Waals surface area contributed by atoms with Gasteiger partial charge < -0.3 is 33.6 Å². The van der Waals surface area contributed by atoms with E-state index in [1.54, 1.807) is 6.07 Å². The second-order valence-corrected chi connectivity index (χ2v) is 8.38. The summed E-state index contributed by atoms with van der Waals surface area (Å²) in [7, 11) is 0. The van der Waals surface area contributed by atoms with Gasteiger partial charge in [-0.3, -0.25) is 0 Å². The minimum absolute atomic E-state index is 0.128. The Hall–Kier alpha value is -1.84. The molecule has 32 heavy (non-hydrogen) atoms. The second-order valence-electron chi connectivity index (χ2n) is 7.97. The van der Waals surface area contributed by atoms with Gasteiger partial charge in [-0.25, -0.2) is 4.79 Å². The Kier molecular flexibility index (Phi) is 8.64. The Bertz CT molecular complexity index is 877.